The zero-order chi connectivity index (χ0) is 16.4. The van der Waals surface area contributed by atoms with Crippen LogP contribution < -0.4 is 10.0 Å². The van der Waals surface area contributed by atoms with Crippen LogP contribution in [0.2, 0.25) is 5.02 Å². The first-order chi connectivity index (χ1) is 10.3. The zero-order valence-corrected chi connectivity index (χ0v) is 13.4. The Kier molecular flexibility index (Phi) is 4.91. The van der Waals surface area contributed by atoms with Crippen LogP contribution in [-0.2, 0) is 20.4 Å². The molecule has 0 radical (unpaired) electrons. The van der Waals surface area contributed by atoms with Crippen LogP contribution in [0, 0.1) is 0 Å². The Morgan fingerprint density at radius 1 is 1.50 bits per heavy atom. The maximum absolute atomic E-state index is 12.2. The van der Waals surface area contributed by atoms with Gasteiger partial charge in [0.2, 0.25) is 15.9 Å². The molecule has 1 aromatic rings. The summed E-state index contributed by atoms with van der Waals surface area (Å²) in [4.78, 5) is 11.4. The van der Waals surface area contributed by atoms with Gasteiger partial charge in [-0.15, -0.1) is 6.58 Å². The number of sulfonamides is 1. The second kappa shape index (κ2) is 6.37. The number of nitrogens with one attached hydrogen (secondary N) is 2. The summed E-state index contributed by atoms with van der Waals surface area (Å²) in [7, 11) is -3.80. The van der Waals surface area contributed by atoms with E-state index in [1.807, 2.05) is 0 Å². The zero-order valence-electron chi connectivity index (χ0n) is 11.8. The van der Waals surface area contributed by atoms with Crippen molar-refractivity contribution < 1.29 is 18.3 Å². The van der Waals surface area contributed by atoms with E-state index in [0.29, 0.717) is 12.0 Å². The molecule has 0 aliphatic carbocycles. The lowest BCUT2D eigenvalue weighted by atomic mass is 9.89. The average molecular weight is 345 g/mol. The van der Waals surface area contributed by atoms with Crippen LogP contribution in [0.25, 0.3) is 0 Å². The molecule has 0 aromatic heterocycles. The van der Waals surface area contributed by atoms with Gasteiger partial charge >= 0.3 is 0 Å². The van der Waals surface area contributed by atoms with Crippen molar-refractivity contribution in [3.8, 4) is 0 Å². The molecule has 0 saturated carbocycles. The minimum absolute atomic E-state index is 0.0673. The summed E-state index contributed by atoms with van der Waals surface area (Å²) in [6.45, 7) is 3.21. The van der Waals surface area contributed by atoms with Crippen LogP contribution in [0.15, 0.2) is 35.7 Å². The summed E-state index contributed by atoms with van der Waals surface area (Å²) in [5.74, 6) is -0.182. The fourth-order valence-corrected chi connectivity index (χ4v) is 3.92. The third kappa shape index (κ3) is 3.17. The molecule has 1 aliphatic rings. The highest BCUT2D eigenvalue weighted by Crippen LogP contribution is 2.34. The number of aliphatic hydroxyl groups excluding tert-OH is 1. The summed E-state index contributed by atoms with van der Waals surface area (Å²) in [5.41, 5.74) is -0.464. The molecule has 1 fully saturated rings. The van der Waals surface area contributed by atoms with Crippen molar-refractivity contribution in [3.63, 3.8) is 0 Å². The molecule has 1 unspecified atom stereocenters. The Labute approximate surface area is 134 Å². The van der Waals surface area contributed by atoms with Crippen LogP contribution in [-0.4, -0.2) is 32.6 Å². The second-order valence-electron chi connectivity index (χ2n) is 5.07. The van der Waals surface area contributed by atoms with Crippen LogP contribution in [0.3, 0.4) is 0 Å². The lowest BCUT2D eigenvalue weighted by Crippen LogP contribution is -2.42. The Balaban J connectivity index is 2.47. The van der Waals surface area contributed by atoms with Crippen LogP contribution in [0.1, 0.15) is 18.4 Å². The van der Waals surface area contributed by atoms with Gasteiger partial charge < -0.3 is 10.4 Å². The van der Waals surface area contributed by atoms with Crippen molar-refractivity contribution in [1.82, 2.24) is 10.0 Å². The third-order valence-electron chi connectivity index (χ3n) is 3.62. The third-order valence-corrected chi connectivity index (χ3v) is 5.52. The Morgan fingerprint density at radius 3 is 2.77 bits per heavy atom. The van der Waals surface area contributed by atoms with Gasteiger partial charge in [-0.2, -0.15) is 0 Å². The van der Waals surface area contributed by atoms with Crippen LogP contribution in [0.5, 0.6) is 0 Å². The molecule has 1 saturated heterocycles. The van der Waals surface area contributed by atoms with Crippen molar-refractivity contribution in [2.75, 3.05) is 13.2 Å². The molecule has 3 N–H and O–H groups in total. The number of benzene rings is 1. The molecule has 1 aromatic carbocycles. The first-order valence-electron chi connectivity index (χ1n) is 6.67. The molecule has 2 rings (SSSR count). The maximum Gasteiger partial charge on any atom is 0.242 e. The predicted octanol–water partition coefficient (Wildman–Crippen LogP) is 0.902. The number of aliphatic hydroxyl groups is 1. The number of hydrogen-bond acceptors (Lipinski definition) is 4. The first kappa shape index (κ1) is 17.0. The monoisotopic (exact) mass is 344 g/mol. The molecule has 1 heterocycles. The second-order valence-corrected chi connectivity index (χ2v) is 7.22. The molecule has 1 aliphatic heterocycles. The largest absolute Gasteiger partial charge is 0.394 e. The summed E-state index contributed by atoms with van der Waals surface area (Å²) < 4.78 is 26.8. The fourth-order valence-electron chi connectivity index (χ4n) is 2.40. The quantitative estimate of drug-likeness (QED) is 0.668. The van der Waals surface area contributed by atoms with Gasteiger partial charge in [0.05, 0.1) is 17.2 Å². The van der Waals surface area contributed by atoms with Gasteiger partial charge in [0.15, 0.2) is 0 Å². The maximum atomic E-state index is 12.2. The summed E-state index contributed by atoms with van der Waals surface area (Å²) >= 11 is 5.99. The normalized spacial score (nSPS) is 21.6. The molecular formula is C14H17ClN2O4S. The minimum Gasteiger partial charge on any atom is -0.394 e. The topological polar surface area (TPSA) is 95.5 Å². The highest BCUT2D eigenvalue weighted by Gasteiger charge is 2.39. The van der Waals surface area contributed by atoms with Crippen molar-refractivity contribution in [2.45, 2.75) is 23.3 Å². The average Bonchev–Trinajstić information content (AvgIpc) is 2.88. The SMILES string of the molecule is C=CCNS(=O)(=O)c1cc(C2(CO)CCC(=O)N2)ccc1Cl. The van der Waals surface area contributed by atoms with E-state index in [1.165, 1.54) is 18.2 Å². The number of rotatable bonds is 6. The van der Waals surface area contributed by atoms with Crippen LogP contribution >= 0.6 is 11.6 Å². The van der Waals surface area contributed by atoms with E-state index in [1.54, 1.807) is 6.07 Å². The number of halogens is 1. The Hall–Kier alpha value is -1.41. The summed E-state index contributed by atoms with van der Waals surface area (Å²) in [6.07, 6.45) is 2.09. The fraction of sp³-hybridized carbons (Fsp3) is 0.357. The van der Waals surface area contributed by atoms with E-state index in [9.17, 15) is 18.3 Å². The minimum atomic E-state index is -3.80. The highest BCUT2D eigenvalue weighted by atomic mass is 35.5. The van der Waals surface area contributed by atoms with Gasteiger partial charge in [-0.3, -0.25) is 4.79 Å². The molecule has 1 amide bonds. The van der Waals surface area contributed by atoms with Crippen molar-refractivity contribution in [1.29, 1.82) is 0 Å². The highest BCUT2D eigenvalue weighted by molar-refractivity contribution is 7.89. The molecule has 1 atom stereocenters. The number of carbonyl (C=O) groups excluding carboxylic acids is 1. The molecule has 22 heavy (non-hydrogen) atoms. The summed E-state index contributed by atoms with van der Waals surface area (Å²) in [5, 5.41) is 12.4. The van der Waals surface area contributed by atoms with E-state index >= 15 is 0 Å². The van der Waals surface area contributed by atoms with Gasteiger partial charge in [-0.25, -0.2) is 13.1 Å². The standard InChI is InChI=1S/C14H17ClN2O4S/c1-2-7-16-22(20,21)12-8-10(3-4-11(12)15)14(9-18)6-5-13(19)17-14/h2-4,8,16,18H,1,5-7,9H2,(H,17,19). The van der Waals surface area contributed by atoms with Gasteiger partial charge in [-0.1, -0.05) is 23.7 Å². The predicted molar refractivity (Wildman–Crippen MR) is 83.0 cm³/mol. The lowest BCUT2D eigenvalue weighted by molar-refractivity contribution is -0.120. The molecule has 0 spiro atoms. The number of amides is 1. The lowest BCUT2D eigenvalue weighted by Gasteiger charge is -2.28. The van der Waals surface area contributed by atoms with Gasteiger partial charge in [0.25, 0.3) is 0 Å². The smallest absolute Gasteiger partial charge is 0.242 e. The van der Waals surface area contributed by atoms with Crippen molar-refractivity contribution in [2.24, 2.45) is 0 Å². The first-order valence-corrected chi connectivity index (χ1v) is 8.53. The van der Waals surface area contributed by atoms with E-state index in [0.717, 1.165) is 0 Å². The molecular weight excluding hydrogens is 328 g/mol. The number of hydrogen-bond donors (Lipinski definition) is 3. The Bertz CT molecular complexity index is 705. The van der Waals surface area contributed by atoms with Crippen molar-refractivity contribution >= 4 is 27.5 Å². The van der Waals surface area contributed by atoms with Gasteiger partial charge in [-0.05, 0) is 24.1 Å². The van der Waals surface area contributed by atoms with Crippen LogP contribution in [0.4, 0.5) is 0 Å². The van der Waals surface area contributed by atoms with E-state index in [2.05, 4.69) is 16.6 Å². The molecule has 120 valence electrons. The Morgan fingerprint density at radius 2 is 2.23 bits per heavy atom. The molecule has 0 bridgehead atoms. The van der Waals surface area contributed by atoms with E-state index < -0.39 is 15.6 Å². The van der Waals surface area contributed by atoms with Crippen molar-refractivity contribution in [3.05, 3.63) is 41.4 Å². The van der Waals surface area contributed by atoms with E-state index in [-0.39, 0.29) is 35.4 Å². The molecule has 6 nitrogen and oxygen atoms in total. The van der Waals surface area contributed by atoms with E-state index in [4.69, 9.17) is 11.6 Å². The summed E-state index contributed by atoms with van der Waals surface area (Å²) in [6, 6.07) is 4.44. The van der Waals surface area contributed by atoms with Gasteiger partial charge in [0, 0.05) is 13.0 Å². The number of carbonyl (C=O) groups is 1. The van der Waals surface area contributed by atoms with Gasteiger partial charge in [0.1, 0.15) is 4.90 Å². The molecule has 8 heteroatoms.